The van der Waals surface area contributed by atoms with E-state index in [-0.39, 0.29) is 0 Å². The van der Waals surface area contributed by atoms with Crippen molar-refractivity contribution in [3.8, 4) is 0 Å². The maximum atomic E-state index is 5.59. The number of hydrogen-bond donors (Lipinski definition) is 1. The lowest BCUT2D eigenvalue weighted by atomic mass is 9.95. The Morgan fingerprint density at radius 3 is 2.89 bits per heavy atom. The quantitative estimate of drug-likeness (QED) is 0.814. The highest BCUT2D eigenvalue weighted by Gasteiger charge is 2.27. The fourth-order valence-electron chi connectivity index (χ4n) is 3.31. The zero-order chi connectivity index (χ0) is 12.8. The average Bonchev–Trinajstić information content (AvgIpc) is 2.40. The highest BCUT2D eigenvalue weighted by atomic mass is 16.5. The lowest BCUT2D eigenvalue weighted by molar-refractivity contribution is 0.0236. The molecule has 0 amide bonds. The van der Waals surface area contributed by atoms with Gasteiger partial charge < -0.3 is 15.0 Å². The molecule has 0 aromatic carbocycles. The van der Waals surface area contributed by atoms with Crippen LogP contribution in [-0.4, -0.2) is 49.8 Å². The molecule has 3 nitrogen and oxygen atoms in total. The van der Waals surface area contributed by atoms with Gasteiger partial charge in [-0.1, -0.05) is 6.92 Å². The predicted octanol–water partition coefficient (Wildman–Crippen LogP) is 2.27. The van der Waals surface area contributed by atoms with Gasteiger partial charge in [0.1, 0.15) is 0 Å². The Hall–Kier alpha value is -0.120. The summed E-state index contributed by atoms with van der Waals surface area (Å²) < 4.78 is 5.59. The number of piperidine rings is 1. The molecular weight excluding hydrogens is 224 g/mol. The normalized spacial score (nSPS) is 34.7. The Labute approximate surface area is 112 Å². The molecule has 18 heavy (non-hydrogen) atoms. The van der Waals surface area contributed by atoms with Crippen molar-refractivity contribution in [2.24, 2.45) is 5.92 Å². The van der Waals surface area contributed by atoms with Crippen LogP contribution >= 0.6 is 0 Å². The summed E-state index contributed by atoms with van der Waals surface area (Å²) in [6.45, 7) is 10.3. The van der Waals surface area contributed by atoms with Crippen LogP contribution in [0.15, 0.2) is 0 Å². The Morgan fingerprint density at radius 2 is 2.22 bits per heavy atom. The lowest BCUT2D eigenvalue weighted by Gasteiger charge is -2.40. The molecule has 0 aliphatic carbocycles. The molecule has 2 heterocycles. The third-order valence-electron chi connectivity index (χ3n) is 4.44. The molecule has 0 aromatic heterocycles. The van der Waals surface area contributed by atoms with Crippen LogP contribution in [-0.2, 0) is 4.74 Å². The van der Waals surface area contributed by atoms with Crippen LogP contribution in [0, 0.1) is 5.92 Å². The van der Waals surface area contributed by atoms with Crippen molar-refractivity contribution < 1.29 is 4.74 Å². The van der Waals surface area contributed by atoms with E-state index in [0.717, 1.165) is 31.2 Å². The Kier molecular flexibility index (Phi) is 5.93. The minimum absolute atomic E-state index is 0.732. The number of likely N-dealkylation sites (tertiary alicyclic amines) is 1. The summed E-state index contributed by atoms with van der Waals surface area (Å²) in [5.74, 6) is 0.779. The number of nitrogens with one attached hydrogen (secondary N) is 1. The molecular formula is C15H30N2O. The van der Waals surface area contributed by atoms with Crippen molar-refractivity contribution in [3.05, 3.63) is 0 Å². The van der Waals surface area contributed by atoms with E-state index in [9.17, 15) is 0 Å². The maximum absolute atomic E-state index is 5.59. The van der Waals surface area contributed by atoms with Crippen LogP contribution in [0.2, 0.25) is 0 Å². The van der Waals surface area contributed by atoms with Crippen LogP contribution in [0.4, 0.5) is 0 Å². The molecule has 0 bridgehead atoms. The standard InChI is InChI=1S/C15H30N2O/c1-3-7-16-15-6-8-17(13(2)10-15)11-14-5-4-9-18-12-14/h13-16H,3-12H2,1-2H3. The van der Waals surface area contributed by atoms with E-state index < -0.39 is 0 Å². The lowest BCUT2D eigenvalue weighted by Crippen LogP contribution is -2.49. The number of ether oxygens (including phenoxy) is 1. The average molecular weight is 254 g/mol. The van der Waals surface area contributed by atoms with Gasteiger partial charge in [0, 0.05) is 25.2 Å². The van der Waals surface area contributed by atoms with Gasteiger partial charge in [0.25, 0.3) is 0 Å². The zero-order valence-corrected chi connectivity index (χ0v) is 12.2. The number of hydrogen-bond acceptors (Lipinski definition) is 3. The molecule has 2 saturated heterocycles. The first-order chi connectivity index (χ1) is 8.79. The van der Waals surface area contributed by atoms with Gasteiger partial charge in [0.2, 0.25) is 0 Å². The zero-order valence-electron chi connectivity index (χ0n) is 12.2. The van der Waals surface area contributed by atoms with Crippen LogP contribution in [0.1, 0.15) is 46.0 Å². The van der Waals surface area contributed by atoms with Crippen LogP contribution in [0.5, 0.6) is 0 Å². The molecule has 2 aliphatic heterocycles. The van der Waals surface area contributed by atoms with Crippen molar-refractivity contribution in [1.82, 2.24) is 10.2 Å². The van der Waals surface area contributed by atoms with E-state index in [1.54, 1.807) is 0 Å². The third kappa shape index (κ3) is 4.22. The molecule has 0 saturated carbocycles. The molecule has 0 spiro atoms. The fourth-order valence-corrected chi connectivity index (χ4v) is 3.31. The second-order valence-corrected chi connectivity index (χ2v) is 6.10. The van der Waals surface area contributed by atoms with Crippen molar-refractivity contribution in [2.75, 3.05) is 32.8 Å². The Morgan fingerprint density at radius 1 is 1.33 bits per heavy atom. The smallest absolute Gasteiger partial charge is 0.0506 e. The van der Waals surface area contributed by atoms with Crippen LogP contribution in [0.3, 0.4) is 0 Å². The fraction of sp³-hybridized carbons (Fsp3) is 1.00. The van der Waals surface area contributed by atoms with Crippen molar-refractivity contribution in [1.29, 1.82) is 0 Å². The topological polar surface area (TPSA) is 24.5 Å². The third-order valence-corrected chi connectivity index (χ3v) is 4.44. The molecule has 3 atom stereocenters. The summed E-state index contributed by atoms with van der Waals surface area (Å²) in [6, 6.07) is 1.48. The summed E-state index contributed by atoms with van der Waals surface area (Å²) in [4.78, 5) is 2.68. The van der Waals surface area contributed by atoms with Gasteiger partial charge in [-0.2, -0.15) is 0 Å². The maximum Gasteiger partial charge on any atom is 0.0506 e. The van der Waals surface area contributed by atoms with Crippen molar-refractivity contribution >= 4 is 0 Å². The molecule has 1 N–H and O–H groups in total. The molecule has 3 unspecified atom stereocenters. The minimum atomic E-state index is 0.732. The summed E-state index contributed by atoms with van der Waals surface area (Å²) >= 11 is 0. The molecule has 0 radical (unpaired) electrons. The predicted molar refractivity (Wildman–Crippen MR) is 75.9 cm³/mol. The summed E-state index contributed by atoms with van der Waals surface area (Å²) in [7, 11) is 0. The number of rotatable bonds is 5. The first-order valence-electron chi connectivity index (χ1n) is 7.84. The first-order valence-corrected chi connectivity index (χ1v) is 7.84. The highest BCUT2D eigenvalue weighted by molar-refractivity contribution is 4.84. The largest absolute Gasteiger partial charge is 0.381 e. The van der Waals surface area contributed by atoms with Crippen LogP contribution in [0.25, 0.3) is 0 Å². The van der Waals surface area contributed by atoms with E-state index in [2.05, 4.69) is 24.1 Å². The van der Waals surface area contributed by atoms with Gasteiger partial charge in [-0.3, -0.25) is 0 Å². The Balaban J connectivity index is 1.71. The Bertz CT molecular complexity index is 229. The van der Waals surface area contributed by atoms with Crippen molar-refractivity contribution in [2.45, 2.75) is 58.0 Å². The minimum Gasteiger partial charge on any atom is -0.381 e. The first kappa shape index (κ1) is 14.3. The van der Waals surface area contributed by atoms with Gasteiger partial charge in [0.15, 0.2) is 0 Å². The van der Waals surface area contributed by atoms with E-state index in [1.165, 1.54) is 51.7 Å². The molecule has 3 heteroatoms. The van der Waals surface area contributed by atoms with E-state index >= 15 is 0 Å². The molecule has 2 rings (SSSR count). The van der Waals surface area contributed by atoms with Crippen molar-refractivity contribution in [3.63, 3.8) is 0 Å². The van der Waals surface area contributed by atoms with Gasteiger partial charge in [0.05, 0.1) is 6.61 Å². The second kappa shape index (κ2) is 7.46. The highest BCUT2D eigenvalue weighted by Crippen LogP contribution is 2.22. The van der Waals surface area contributed by atoms with Gasteiger partial charge in [-0.15, -0.1) is 0 Å². The summed E-state index contributed by atoms with van der Waals surface area (Å²) in [5.41, 5.74) is 0. The molecule has 106 valence electrons. The van der Waals surface area contributed by atoms with E-state index in [1.807, 2.05) is 0 Å². The van der Waals surface area contributed by atoms with Crippen LogP contribution < -0.4 is 5.32 Å². The molecule has 0 aromatic rings. The van der Waals surface area contributed by atoms with Gasteiger partial charge in [-0.05, 0) is 58.0 Å². The number of nitrogens with zero attached hydrogens (tertiary/aromatic N) is 1. The SMILES string of the molecule is CCCNC1CCN(CC2CCCOC2)C(C)C1. The van der Waals surface area contributed by atoms with E-state index in [4.69, 9.17) is 4.74 Å². The summed E-state index contributed by atoms with van der Waals surface area (Å²) in [5, 5.41) is 3.67. The summed E-state index contributed by atoms with van der Waals surface area (Å²) in [6.07, 6.45) is 6.49. The molecule has 2 aliphatic rings. The van der Waals surface area contributed by atoms with Gasteiger partial charge in [-0.25, -0.2) is 0 Å². The van der Waals surface area contributed by atoms with E-state index in [0.29, 0.717) is 0 Å². The monoisotopic (exact) mass is 254 g/mol. The molecule has 2 fully saturated rings. The second-order valence-electron chi connectivity index (χ2n) is 6.10. The van der Waals surface area contributed by atoms with Gasteiger partial charge >= 0.3 is 0 Å².